The number of benzene rings is 2. The van der Waals surface area contributed by atoms with E-state index in [1.165, 1.54) is 18.2 Å². The van der Waals surface area contributed by atoms with Crippen LogP contribution < -0.4 is 10.3 Å². The fraction of sp³-hybridized carbons (Fsp3) is 0.100. The zero-order valence-corrected chi connectivity index (χ0v) is 15.3. The van der Waals surface area contributed by atoms with Gasteiger partial charge in [-0.1, -0.05) is 23.7 Å². The molecular formula is C20H14ClF2NO4. The van der Waals surface area contributed by atoms with Crippen molar-refractivity contribution in [3.05, 3.63) is 86.3 Å². The van der Waals surface area contributed by atoms with Crippen molar-refractivity contribution in [1.82, 2.24) is 4.98 Å². The Morgan fingerprint density at radius 3 is 2.64 bits per heavy atom. The van der Waals surface area contributed by atoms with E-state index in [4.69, 9.17) is 16.3 Å². The van der Waals surface area contributed by atoms with Crippen molar-refractivity contribution >= 4 is 17.6 Å². The van der Waals surface area contributed by atoms with E-state index in [2.05, 4.69) is 4.98 Å². The summed E-state index contributed by atoms with van der Waals surface area (Å²) in [6, 6.07) is 9.04. The number of aromatic carboxylic acids is 1. The average molecular weight is 406 g/mol. The van der Waals surface area contributed by atoms with Crippen LogP contribution in [0.3, 0.4) is 0 Å². The maximum Gasteiger partial charge on any atom is 0.335 e. The molecular weight excluding hydrogens is 392 g/mol. The Morgan fingerprint density at radius 1 is 1.21 bits per heavy atom. The summed E-state index contributed by atoms with van der Waals surface area (Å²) in [4.78, 5) is 25.9. The van der Waals surface area contributed by atoms with E-state index in [1.807, 2.05) is 0 Å². The number of carboxylic acids is 1. The standard InChI is InChI=1S/C20H14ClF2NO4/c1-10-16(11-3-2-4-12(7-11)20(26)27)18(17(21)19(25)24-10)28-9-13-5-6-14(22)8-15(13)23/h2-8H,9H2,1H3,(H,24,25)(H,26,27). The van der Waals surface area contributed by atoms with Crippen molar-refractivity contribution in [3.8, 4) is 16.9 Å². The molecule has 0 aliphatic carbocycles. The lowest BCUT2D eigenvalue weighted by atomic mass is 10.0. The molecule has 0 saturated carbocycles. The smallest absolute Gasteiger partial charge is 0.335 e. The average Bonchev–Trinajstić information content (AvgIpc) is 2.64. The van der Waals surface area contributed by atoms with Crippen molar-refractivity contribution in [1.29, 1.82) is 0 Å². The van der Waals surface area contributed by atoms with Crippen LogP contribution in [-0.2, 0) is 6.61 Å². The molecule has 0 spiro atoms. The zero-order chi connectivity index (χ0) is 20.4. The first kappa shape index (κ1) is 19.6. The SMILES string of the molecule is Cc1[nH]c(=O)c(Cl)c(OCc2ccc(F)cc2F)c1-c1cccc(C(=O)O)c1. The number of halogens is 3. The second kappa shape index (κ2) is 7.82. The van der Waals surface area contributed by atoms with Crippen molar-refractivity contribution < 1.29 is 23.4 Å². The first-order valence-corrected chi connectivity index (χ1v) is 8.48. The summed E-state index contributed by atoms with van der Waals surface area (Å²) in [6.07, 6.45) is 0. The number of pyridine rings is 1. The molecule has 0 amide bonds. The first-order valence-electron chi connectivity index (χ1n) is 8.10. The molecule has 144 valence electrons. The van der Waals surface area contributed by atoms with Gasteiger partial charge in [-0.25, -0.2) is 13.6 Å². The summed E-state index contributed by atoms with van der Waals surface area (Å²) in [7, 11) is 0. The summed E-state index contributed by atoms with van der Waals surface area (Å²) < 4.78 is 32.6. The number of carboxylic acid groups (broad SMARTS) is 1. The predicted molar refractivity (Wildman–Crippen MR) is 99.9 cm³/mol. The number of carbonyl (C=O) groups is 1. The lowest BCUT2D eigenvalue weighted by molar-refractivity contribution is 0.0697. The van der Waals surface area contributed by atoms with Gasteiger partial charge in [0.05, 0.1) is 5.56 Å². The fourth-order valence-corrected chi connectivity index (χ4v) is 2.95. The van der Waals surface area contributed by atoms with Gasteiger partial charge >= 0.3 is 5.97 Å². The number of hydrogen-bond acceptors (Lipinski definition) is 3. The summed E-state index contributed by atoms with van der Waals surface area (Å²) in [5.41, 5.74) is 0.717. The number of aromatic nitrogens is 1. The number of aromatic amines is 1. The molecule has 3 aromatic rings. The van der Waals surface area contributed by atoms with Gasteiger partial charge in [0, 0.05) is 22.9 Å². The molecule has 0 bridgehead atoms. The number of aryl methyl sites for hydroxylation is 1. The number of ether oxygens (including phenoxy) is 1. The molecule has 28 heavy (non-hydrogen) atoms. The Bertz CT molecular complexity index is 1130. The lowest BCUT2D eigenvalue weighted by Crippen LogP contribution is -2.13. The topological polar surface area (TPSA) is 79.4 Å². The van der Waals surface area contributed by atoms with Crippen LogP contribution in [0.2, 0.25) is 5.02 Å². The van der Waals surface area contributed by atoms with E-state index in [0.717, 1.165) is 12.1 Å². The third-order valence-corrected chi connectivity index (χ3v) is 4.43. The van der Waals surface area contributed by atoms with Gasteiger partial charge in [-0.05, 0) is 36.8 Å². The van der Waals surface area contributed by atoms with Gasteiger partial charge in [0.1, 0.15) is 23.3 Å². The van der Waals surface area contributed by atoms with E-state index >= 15 is 0 Å². The largest absolute Gasteiger partial charge is 0.486 e. The molecule has 0 atom stereocenters. The minimum absolute atomic E-state index is 0.0193. The Balaban J connectivity index is 2.08. The molecule has 0 fully saturated rings. The first-order chi connectivity index (χ1) is 13.3. The molecule has 0 aliphatic heterocycles. The highest BCUT2D eigenvalue weighted by Crippen LogP contribution is 2.37. The van der Waals surface area contributed by atoms with Gasteiger partial charge in [-0.3, -0.25) is 4.79 Å². The maximum absolute atomic E-state index is 13.9. The van der Waals surface area contributed by atoms with E-state index < -0.39 is 23.2 Å². The Labute approximate surface area is 163 Å². The van der Waals surface area contributed by atoms with E-state index in [0.29, 0.717) is 16.8 Å². The second-order valence-electron chi connectivity index (χ2n) is 6.01. The van der Waals surface area contributed by atoms with Crippen LogP contribution in [0.5, 0.6) is 5.75 Å². The van der Waals surface area contributed by atoms with Gasteiger partial charge in [-0.15, -0.1) is 0 Å². The van der Waals surface area contributed by atoms with Gasteiger partial charge in [0.25, 0.3) is 5.56 Å². The van der Waals surface area contributed by atoms with Gasteiger partial charge in [0.2, 0.25) is 0 Å². The Kier molecular flexibility index (Phi) is 5.46. The quantitative estimate of drug-likeness (QED) is 0.652. The van der Waals surface area contributed by atoms with Crippen molar-refractivity contribution in [3.63, 3.8) is 0 Å². The minimum Gasteiger partial charge on any atom is -0.486 e. The molecule has 3 rings (SSSR count). The highest BCUT2D eigenvalue weighted by molar-refractivity contribution is 6.32. The summed E-state index contributed by atoms with van der Waals surface area (Å²) in [5.74, 6) is -2.66. The highest BCUT2D eigenvalue weighted by Gasteiger charge is 2.19. The molecule has 2 aromatic carbocycles. The normalized spacial score (nSPS) is 10.7. The number of nitrogens with one attached hydrogen (secondary N) is 1. The van der Waals surface area contributed by atoms with E-state index in [-0.39, 0.29) is 28.5 Å². The van der Waals surface area contributed by atoms with Crippen LogP contribution in [0.25, 0.3) is 11.1 Å². The molecule has 0 saturated heterocycles. The minimum atomic E-state index is -1.12. The third kappa shape index (κ3) is 3.89. The second-order valence-corrected chi connectivity index (χ2v) is 6.39. The molecule has 5 nitrogen and oxygen atoms in total. The zero-order valence-electron chi connectivity index (χ0n) is 14.6. The summed E-state index contributed by atoms with van der Waals surface area (Å²) >= 11 is 6.12. The molecule has 1 aromatic heterocycles. The highest BCUT2D eigenvalue weighted by atomic mass is 35.5. The molecule has 2 N–H and O–H groups in total. The number of hydrogen-bond donors (Lipinski definition) is 2. The third-order valence-electron chi connectivity index (χ3n) is 4.09. The van der Waals surface area contributed by atoms with Crippen LogP contribution >= 0.6 is 11.6 Å². The van der Waals surface area contributed by atoms with Gasteiger partial charge in [-0.2, -0.15) is 0 Å². The molecule has 8 heteroatoms. The van der Waals surface area contributed by atoms with Crippen LogP contribution in [0.15, 0.2) is 47.3 Å². The molecule has 1 heterocycles. The van der Waals surface area contributed by atoms with Crippen molar-refractivity contribution in [2.75, 3.05) is 0 Å². The van der Waals surface area contributed by atoms with E-state index in [1.54, 1.807) is 19.1 Å². The fourth-order valence-electron chi connectivity index (χ4n) is 2.75. The number of H-pyrrole nitrogens is 1. The summed E-state index contributed by atoms with van der Waals surface area (Å²) in [6.45, 7) is 1.30. The van der Waals surface area contributed by atoms with Gasteiger partial charge < -0.3 is 14.8 Å². The van der Waals surface area contributed by atoms with Crippen molar-refractivity contribution in [2.24, 2.45) is 0 Å². The molecule has 0 radical (unpaired) electrons. The Hall–Kier alpha value is -3.19. The summed E-state index contributed by atoms with van der Waals surface area (Å²) in [5, 5.41) is 8.95. The van der Waals surface area contributed by atoms with Crippen molar-refractivity contribution in [2.45, 2.75) is 13.5 Å². The molecule has 0 aliphatic rings. The Morgan fingerprint density at radius 2 is 1.96 bits per heavy atom. The molecule has 0 unspecified atom stereocenters. The van der Waals surface area contributed by atoms with Crippen LogP contribution in [0.4, 0.5) is 8.78 Å². The predicted octanol–water partition coefficient (Wildman–Crippen LogP) is 4.56. The maximum atomic E-state index is 13.9. The lowest BCUT2D eigenvalue weighted by Gasteiger charge is -2.16. The van der Waals surface area contributed by atoms with Crippen LogP contribution in [-0.4, -0.2) is 16.1 Å². The van der Waals surface area contributed by atoms with Gasteiger partial charge in [0.15, 0.2) is 5.75 Å². The number of rotatable bonds is 5. The van der Waals surface area contributed by atoms with E-state index in [9.17, 15) is 23.5 Å². The monoisotopic (exact) mass is 405 g/mol. The van der Waals surface area contributed by atoms with Crippen LogP contribution in [0.1, 0.15) is 21.6 Å². The van der Waals surface area contributed by atoms with Crippen LogP contribution in [0, 0.1) is 18.6 Å².